The zero-order chi connectivity index (χ0) is 14.0. The van der Waals surface area contributed by atoms with Gasteiger partial charge in [-0.3, -0.25) is 0 Å². The molecule has 0 aliphatic carbocycles. The van der Waals surface area contributed by atoms with E-state index in [1.165, 1.54) is 12.8 Å². The fourth-order valence-electron chi connectivity index (χ4n) is 3.38. The smallest absolute Gasteiger partial charge is 0.243 e. The van der Waals surface area contributed by atoms with Crippen LogP contribution in [0, 0.1) is 5.92 Å². The van der Waals surface area contributed by atoms with Gasteiger partial charge >= 0.3 is 0 Å². The van der Waals surface area contributed by atoms with Gasteiger partial charge in [0.1, 0.15) is 0 Å². The molecule has 2 aliphatic rings. The van der Waals surface area contributed by atoms with Crippen molar-refractivity contribution in [3.63, 3.8) is 0 Å². The normalized spacial score (nSPS) is 28.6. The summed E-state index contributed by atoms with van der Waals surface area (Å²) >= 11 is 0. The van der Waals surface area contributed by atoms with Gasteiger partial charge in [0.05, 0.1) is 4.90 Å². The number of piperidine rings is 1. The van der Waals surface area contributed by atoms with Crippen molar-refractivity contribution in [3.8, 4) is 0 Å². The van der Waals surface area contributed by atoms with Gasteiger partial charge in [0.25, 0.3) is 0 Å². The second-order valence-electron chi connectivity index (χ2n) is 5.78. The summed E-state index contributed by atoms with van der Waals surface area (Å²) in [5.41, 5.74) is 0. The Kier molecular flexibility index (Phi) is 4.10. The van der Waals surface area contributed by atoms with E-state index in [-0.39, 0.29) is 0 Å². The molecule has 2 saturated heterocycles. The van der Waals surface area contributed by atoms with Crippen molar-refractivity contribution in [2.75, 3.05) is 19.6 Å². The summed E-state index contributed by atoms with van der Waals surface area (Å²) in [7, 11) is -3.32. The molecule has 1 aromatic carbocycles. The predicted octanol–water partition coefficient (Wildman–Crippen LogP) is 1.84. The summed E-state index contributed by atoms with van der Waals surface area (Å²) < 4.78 is 27.0. The van der Waals surface area contributed by atoms with Crippen LogP contribution < -0.4 is 5.32 Å². The molecule has 4 nitrogen and oxygen atoms in total. The molecule has 0 spiro atoms. The van der Waals surface area contributed by atoms with Crippen molar-refractivity contribution in [3.05, 3.63) is 30.3 Å². The van der Waals surface area contributed by atoms with Crippen LogP contribution in [0.15, 0.2) is 35.2 Å². The zero-order valence-corrected chi connectivity index (χ0v) is 12.5. The Bertz CT molecular complexity index is 538. The third kappa shape index (κ3) is 2.75. The standard InChI is InChI=1S/C15H22N2O2S/c18-20(19,14-7-2-1-3-8-14)17-11-5-6-13(12-17)15-9-4-10-16-15/h1-3,7-8,13,15-16H,4-6,9-12H2. The van der Waals surface area contributed by atoms with Gasteiger partial charge < -0.3 is 5.32 Å². The number of nitrogens with zero attached hydrogens (tertiary/aromatic N) is 1. The molecular weight excluding hydrogens is 272 g/mol. The molecule has 2 unspecified atom stereocenters. The van der Waals surface area contributed by atoms with E-state index in [1.54, 1.807) is 28.6 Å². The molecular formula is C15H22N2O2S. The van der Waals surface area contributed by atoms with Crippen LogP contribution in [0.1, 0.15) is 25.7 Å². The van der Waals surface area contributed by atoms with Gasteiger partial charge in [0, 0.05) is 19.1 Å². The van der Waals surface area contributed by atoms with Gasteiger partial charge in [-0.1, -0.05) is 18.2 Å². The molecule has 20 heavy (non-hydrogen) atoms. The van der Waals surface area contributed by atoms with E-state index in [9.17, 15) is 8.42 Å². The lowest BCUT2D eigenvalue weighted by Gasteiger charge is -2.35. The van der Waals surface area contributed by atoms with E-state index in [0.29, 0.717) is 29.9 Å². The highest BCUT2D eigenvalue weighted by atomic mass is 32.2. The average Bonchev–Trinajstić information content (AvgIpc) is 3.03. The van der Waals surface area contributed by atoms with E-state index < -0.39 is 10.0 Å². The number of sulfonamides is 1. The molecule has 0 amide bonds. The van der Waals surface area contributed by atoms with Crippen molar-refractivity contribution in [1.82, 2.24) is 9.62 Å². The van der Waals surface area contributed by atoms with Crippen molar-refractivity contribution in [2.45, 2.75) is 36.6 Å². The minimum atomic E-state index is -3.32. The van der Waals surface area contributed by atoms with Crippen LogP contribution in [0.25, 0.3) is 0 Å². The summed E-state index contributed by atoms with van der Waals surface area (Å²) in [5, 5.41) is 3.52. The van der Waals surface area contributed by atoms with E-state index >= 15 is 0 Å². The highest BCUT2D eigenvalue weighted by molar-refractivity contribution is 7.89. The molecule has 1 N–H and O–H groups in total. The molecule has 2 atom stereocenters. The first-order valence-electron chi connectivity index (χ1n) is 7.46. The molecule has 0 bridgehead atoms. The third-order valence-electron chi connectivity index (χ3n) is 4.47. The van der Waals surface area contributed by atoms with E-state index in [4.69, 9.17) is 0 Å². The van der Waals surface area contributed by atoms with Crippen molar-refractivity contribution in [1.29, 1.82) is 0 Å². The van der Waals surface area contributed by atoms with Crippen molar-refractivity contribution < 1.29 is 8.42 Å². The second kappa shape index (κ2) is 5.84. The lowest BCUT2D eigenvalue weighted by Crippen LogP contribution is -2.45. The Hall–Kier alpha value is -0.910. The fraction of sp³-hybridized carbons (Fsp3) is 0.600. The fourth-order valence-corrected chi connectivity index (χ4v) is 4.93. The highest BCUT2D eigenvalue weighted by Crippen LogP contribution is 2.28. The highest BCUT2D eigenvalue weighted by Gasteiger charge is 2.34. The Labute approximate surface area is 121 Å². The lowest BCUT2D eigenvalue weighted by atomic mass is 9.91. The monoisotopic (exact) mass is 294 g/mol. The molecule has 0 aromatic heterocycles. The summed E-state index contributed by atoms with van der Waals surface area (Å²) in [4.78, 5) is 0.417. The maximum Gasteiger partial charge on any atom is 0.243 e. The molecule has 0 radical (unpaired) electrons. The maximum absolute atomic E-state index is 12.7. The largest absolute Gasteiger partial charge is 0.314 e. The Morgan fingerprint density at radius 1 is 1.10 bits per heavy atom. The Morgan fingerprint density at radius 2 is 1.90 bits per heavy atom. The Morgan fingerprint density at radius 3 is 2.60 bits per heavy atom. The van der Waals surface area contributed by atoms with Gasteiger partial charge in [-0.2, -0.15) is 4.31 Å². The first kappa shape index (κ1) is 14.0. The lowest BCUT2D eigenvalue weighted by molar-refractivity contribution is 0.226. The molecule has 2 heterocycles. The zero-order valence-electron chi connectivity index (χ0n) is 11.7. The maximum atomic E-state index is 12.7. The van der Waals surface area contributed by atoms with Gasteiger partial charge in [-0.15, -0.1) is 0 Å². The van der Waals surface area contributed by atoms with Gasteiger partial charge in [-0.25, -0.2) is 8.42 Å². The average molecular weight is 294 g/mol. The summed E-state index contributed by atoms with van der Waals surface area (Å²) in [5.74, 6) is 0.463. The van der Waals surface area contributed by atoms with Gasteiger partial charge in [0.2, 0.25) is 10.0 Å². The van der Waals surface area contributed by atoms with Crippen molar-refractivity contribution >= 4 is 10.0 Å². The van der Waals surface area contributed by atoms with Gasteiger partial charge in [-0.05, 0) is 50.3 Å². The SMILES string of the molecule is O=S(=O)(c1ccccc1)N1CCCC(C2CCCN2)C1. The molecule has 2 fully saturated rings. The summed E-state index contributed by atoms with van der Waals surface area (Å²) in [6.07, 6.45) is 4.50. The minimum absolute atomic E-state index is 0.417. The van der Waals surface area contributed by atoms with Gasteiger partial charge in [0.15, 0.2) is 0 Å². The van der Waals surface area contributed by atoms with Crippen LogP contribution in [0.4, 0.5) is 0 Å². The van der Waals surface area contributed by atoms with E-state index in [2.05, 4.69) is 5.32 Å². The van der Waals surface area contributed by atoms with E-state index in [0.717, 1.165) is 19.4 Å². The number of hydrogen-bond donors (Lipinski definition) is 1. The molecule has 5 heteroatoms. The summed E-state index contributed by atoms with van der Waals surface area (Å²) in [6, 6.07) is 9.29. The van der Waals surface area contributed by atoms with Crippen LogP contribution in [-0.2, 0) is 10.0 Å². The number of hydrogen-bond acceptors (Lipinski definition) is 3. The first-order valence-corrected chi connectivity index (χ1v) is 8.90. The summed E-state index contributed by atoms with van der Waals surface area (Å²) in [6.45, 7) is 2.39. The number of rotatable bonds is 3. The number of benzene rings is 1. The van der Waals surface area contributed by atoms with Crippen LogP contribution in [-0.4, -0.2) is 38.4 Å². The molecule has 110 valence electrons. The first-order chi connectivity index (χ1) is 9.68. The Balaban J connectivity index is 1.76. The predicted molar refractivity (Wildman–Crippen MR) is 78.9 cm³/mol. The van der Waals surface area contributed by atoms with Crippen molar-refractivity contribution in [2.24, 2.45) is 5.92 Å². The number of nitrogens with one attached hydrogen (secondary N) is 1. The topological polar surface area (TPSA) is 49.4 Å². The van der Waals surface area contributed by atoms with Crippen LogP contribution in [0.5, 0.6) is 0 Å². The van der Waals surface area contributed by atoms with E-state index in [1.807, 2.05) is 6.07 Å². The van der Waals surface area contributed by atoms with Crippen LogP contribution in [0.3, 0.4) is 0 Å². The van der Waals surface area contributed by atoms with Crippen LogP contribution >= 0.6 is 0 Å². The molecule has 1 aromatic rings. The molecule has 2 aliphatic heterocycles. The minimum Gasteiger partial charge on any atom is -0.314 e. The third-order valence-corrected chi connectivity index (χ3v) is 6.35. The molecule has 3 rings (SSSR count). The quantitative estimate of drug-likeness (QED) is 0.925. The van der Waals surface area contributed by atoms with Crippen LogP contribution in [0.2, 0.25) is 0 Å². The molecule has 0 saturated carbocycles. The second-order valence-corrected chi connectivity index (χ2v) is 7.72.